The molecule has 20 heavy (non-hydrogen) atoms. The van der Waals surface area contributed by atoms with Crippen LogP contribution in [-0.4, -0.2) is 44.7 Å². The summed E-state index contributed by atoms with van der Waals surface area (Å²) in [6, 6.07) is 0. The minimum Gasteiger partial charge on any atom is -0.479 e. The molecule has 0 aliphatic rings. The molecule has 0 aliphatic carbocycles. The zero-order valence-electron chi connectivity index (χ0n) is 10.3. The molecule has 0 radical (unpaired) electrons. The average Bonchev–Trinajstić information content (AvgIpc) is 2.74. The number of nitrogens with zero attached hydrogens (tertiary/aromatic N) is 1. The van der Waals surface area contributed by atoms with Crippen LogP contribution in [0.15, 0.2) is 11.1 Å². The molecular formula is C11H11N3O5S. The highest BCUT2D eigenvalue weighted by Gasteiger charge is 2.20. The van der Waals surface area contributed by atoms with E-state index < -0.39 is 24.5 Å². The second-order valence-corrected chi connectivity index (χ2v) is 5.03. The molecule has 0 spiro atoms. The topological polar surface area (TPSA) is 132 Å². The molecule has 2 aromatic rings. The van der Waals surface area contributed by atoms with Gasteiger partial charge in [0.2, 0.25) is 0 Å². The van der Waals surface area contributed by atoms with Gasteiger partial charge in [-0.1, -0.05) is 0 Å². The Morgan fingerprint density at radius 2 is 2.25 bits per heavy atom. The maximum atomic E-state index is 11.9. The molecule has 2 rings (SSSR count). The number of rotatable bonds is 4. The normalized spacial score (nSPS) is 12.3. The number of aromatic nitrogens is 2. The van der Waals surface area contributed by atoms with Crippen LogP contribution in [0.2, 0.25) is 0 Å². The smallest absolute Gasteiger partial charge is 0.334 e. The largest absolute Gasteiger partial charge is 0.479 e. The quantitative estimate of drug-likeness (QED) is 0.599. The second-order valence-electron chi connectivity index (χ2n) is 4.03. The molecular weight excluding hydrogens is 286 g/mol. The van der Waals surface area contributed by atoms with Crippen LogP contribution in [-0.2, 0) is 4.79 Å². The number of thiophene rings is 1. The summed E-state index contributed by atoms with van der Waals surface area (Å²) in [4.78, 5) is 41.1. The van der Waals surface area contributed by atoms with Gasteiger partial charge in [-0.2, -0.15) is 0 Å². The number of aliphatic hydroxyl groups is 1. The molecule has 2 aromatic heterocycles. The molecule has 0 unspecified atom stereocenters. The van der Waals surface area contributed by atoms with Crippen molar-refractivity contribution in [3.8, 4) is 0 Å². The van der Waals surface area contributed by atoms with E-state index in [-0.39, 0.29) is 10.4 Å². The highest BCUT2D eigenvalue weighted by atomic mass is 32.1. The number of fused-ring (bicyclic) bond motifs is 1. The van der Waals surface area contributed by atoms with E-state index in [1.54, 1.807) is 6.92 Å². The Kier molecular flexibility index (Phi) is 3.81. The molecule has 0 aliphatic heterocycles. The Hall–Kier alpha value is -2.26. The molecule has 9 heteroatoms. The first-order valence-corrected chi connectivity index (χ1v) is 6.39. The Morgan fingerprint density at radius 1 is 1.55 bits per heavy atom. The van der Waals surface area contributed by atoms with Gasteiger partial charge in [-0.3, -0.25) is 9.59 Å². The molecule has 1 atom stereocenters. The minimum absolute atomic E-state index is 0.266. The van der Waals surface area contributed by atoms with Gasteiger partial charge in [0.25, 0.3) is 11.5 Å². The number of aromatic amines is 1. The van der Waals surface area contributed by atoms with E-state index in [1.165, 1.54) is 6.33 Å². The van der Waals surface area contributed by atoms with Crippen LogP contribution in [0, 0.1) is 6.92 Å². The van der Waals surface area contributed by atoms with Crippen LogP contribution in [0.25, 0.3) is 10.2 Å². The van der Waals surface area contributed by atoms with Gasteiger partial charge in [0, 0.05) is 0 Å². The van der Waals surface area contributed by atoms with E-state index in [9.17, 15) is 14.4 Å². The minimum atomic E-state index is -1.67. The maximum absolute atomic E-state index is 11.9. The van der Waals surface area contributed by atoms with E-state index in [4.69, 9.17) is 10.2 Å². The van der Waals surface area contributed by atoms with Gasteiger partial charge in [0.15, 0.2) is 6.10 Å². The van der Waals surface area contributed by atoms with E-state index in [1.807, 2.05) is 0 Å². The summed E-state index contributed by atoms with van der Waals surface area (Å²) in [5.41, 5.74) is 0.134. The van der Waals surface area contributed by atoms with Crippen molar-refractivity contribution in [2.75, 3.05) is 6.54 Å². The first kappa shape index (κ1) is 14.2. The number of aliphatic hydroxyl groups excluding tert-OH is 1. The zero-order chi connectivity index (χ0) is 14.9. The number of hydrogen-bond donors (Lipinski definition) is 4. The number of H-pyrrole nitrogens is 1. The first-order valence-electron chi connectivity index (χ1n) is 5.57. The Labute approximate surface area is 116 Å². The highest BCUT2D eigenvalue weighted by Crippen LogP contribution is 2.26. The van der Waals surface area contributed by atoms with Crippen molar-refractivity contribution in [1.82, 2.24) is 15.3 Å². The van der Waals surface area contributed by atoms with Gasteiger partial charge in [0.05, 0.1) is 23.1 Å². The SMILES string of the molecule is Cc1c(C(=O)NC[C@H](O)C(=O)O)sc2nc[nH]c(=O)c12. The standard InChI is InChI=1S/C11H11N3O5S/c1-4-6-8(16)13-3-14-10(6)20-7(4)9(17)12-2-5(15)11(18)19/h3,5,15H,2H2,1H3,(H,12,17)(H,18,19)(H,13,14,16)/t5-/m0/s1. The number of aliphatic carboxylic acids is 1. The third-order valence-corrected chi connectivity index (χ3v) is 3.88. The van der Waals surface area contributed by atoms with Crippen molar-refractivity contribution in [1.29, 1.82) is 0 Å². The number of carboxylic acid groups (broad SMARTS) is 1. The lowest BCUT2D eigenvalue weighted by Gasteiger charge is -2.06. The lowest BCUT2D eigenvalue weighted by atomic mass is 10.2. The van der Waals surface area contributed by atoms with Crippen molar-refractivity contribution in [2.45, 2.75) is 13.0 Å². The monoisotopic (exact) mass is 297 g/mol. The predicted molar refractivity (Wildman–Crippen MR) is 71.0 cm³/mol. The molecule has 0 aromatic carbocycles. The Morgan fingerprint density at radius 3 is 2.85 bits per heavy atom. The van der Waals surface area contributed by atoms with Gasteiger partial charge < -0.3 is 20.5 Å². The molecule has 106 valence electrons. The fourth-order valence-electron chi connectivity index (χ4n) is 1.65. The number of carboxylic acids is 1. The maximum Gasteiger partial charge on any atom is 0.334 e. The highest BCUT2D eigenvalue weighted by molar-refractivity contribution is 7.20. The number of nitrogens with one attached hydrogen (secondary N) is 2. The van der Waals surface area contributed by atoms with Gasteiger partial charge >= 0.3 is 5.97 Å². The molecule has 0 fully saturated rings. The third-order valence-electron chi connectivity index (χ3n) is 2.68. The molecule has 0 bridgehead atoms. The van der Waals surface area contributed by atoms with Crippen LogP contribution in [0.4, 0.5) is 0 Å². The molecule has 2 heterocycles. The van der Waals surface area contributed by atoms with Gasteiger partial charge in [-0.15, -0.1) is 11.3 Å². The fraction of sp³-hybridized carbons (Fsp3) is 0.273. The summed E-state index contributed by atoms with van der Waals surface area (Å²) in [5, 5.41) is 20.3. The van der Waals surface area contributed by atoms with Gasteiger partial charge in [0.1, 0.15) is 4.83 Å². The fourth-order valence-corrected chi connectivity index (χ4v) is 2.72. The van der Waals surface area contributed by atoms with Crippen molar-refractivity contribution in [3.05, 3.63) is 27.1 Å². The van der Waals surface area contributed by atoms with E-state index in [0.29, 0.717) is 15.8 Å². The molecule has 8 nitrogen and oxygen atoms in total. The van der Waals surface area contributed by atoms with Crippen LogP contribution < -0.4 is 10.9 Å². The number of aryl methyl sites for hydroxylation is 1. The predicted octanol–water partition coefficient (Wildman–Crippen LogP) is -0.532. The van der Waals surface area contributed by atoms with Gasteiger partial charge in [-0.25, -0.2) is 9.78 Å². The zero-order valence-corrected chi connectivity index (χ0v) is 11.2. The summed E-state index contributed by atoms with van der Waals surface area (Å²) in [5.74, 6) is -1.97. The van der Waals surface area contributed by atoms with E-state index in [2.05, 4.69) is 15.3 Å². The van der Waals surface area contributed by atoms with Crippen molar-refractivity contribution in [3.63, 3.8) is 0 Å². The van der Waals surface area contributed by atoms with Crippen molar-refractivity contribution in [2.24, 2.45) is 0 Å². The van der Waals surface area contributed by atoms with Crippen LogP contribution in [0.1, 0.15) is 15.2 Å². The lowest BCUT2D eigenvalue weighted by Crippen LogP contribution is -2.36. The Bertz CT molecular complexity index is 735. The second kappa shape index (κ2) is 5.39. The lowest BCUT2D eigenvalue weighted by molar-refractivity contribution is -0.146. The van der Waals surface area contributed by atoms with Crippen molar-refractivity contribution >= 4 is 33.4 Å². The van der Waals surface area contributed by atoms with E-state index >= 15 is 0 Å². The van der Waals surface area contributed by atoms with Crippen LogP contribution in [0.3, 0.4) is 0 Å². The molecule has 1 amide bonds. The van der Waals surface area contributed by atoms with E-state index in [0.717, 1.165) is 11.3 Å². The van der Waals surface area contributed by atoms with Crippen molar-refractivity contribution < 1.29 is 19.8 Å². The van der Waals surface area contributed by atoms with Crippen LogP contribution >= 0.6 is 11.3 Å². The summed E-state index contributed by atoms with van der Waals surface area (Å²) >= 11 is 1.03. The number of amides is 1. The number of carbonyl (C=O) groups excluding carboxylic acids is 1. The number of carbonyl (C=O) groups is 2. The molecule has 4 N–H and O–H groups in total. The number of hydrogen-bond acceptors (Lipinski definition) is 6. The average molecular weight is 297 g/mol. The molecule has 0 saturated carbocycles. The summed E-state index contributed by atoms with van der Waals surface area (Å²) < 4.78 is 0. The van der Waals surface area contributed by atoms with Gasteiger partial charge in [-0.05, 0) is 12.5 Å². The Balaban J connectivity index is 2.27. The summed E-state index contributed by atoms with van der Waals surface area (Å²) in [7, 11) is 0. The summed E-state index contributed by atoms with van der Waals surface area (Å²) in [6.07, 6.45) is -0.425. The third kappa shape index (κ3) is 2.53. The molecule has 0 saturated heterocycles. The summed E-state index contributed by atoms with van der Waals surface area (Å²) in [6.45, 7) is 1.20. The first-order chi connectivity index (χ1) is 9.41. The van der Waals surface area contributed by atoms with Crippen LogP contribution in [0.5, 0.6) is 0 Å².